The molecule has 2 nitrogen and oxygen atoms in total. The van der Waals surface area contributed by atoms with E-state index < -0.39 is 0 Å². The van der Waals surface area contributed by atoms with Gasteiger partial charge in [-0.3, -0.25) is 4.79 Å². The highest BCUT2D eigenvalue weighted by Crippen LogP contribution is 2.11. The van der Waals surface area contributed by atoms with Gasteiger partial charge < -0.3 is 4.90 Å². The van der Waals surface area contributed by atoms with Crippen molar-refractivity contribution in [2.45, 2.75) is 20.4 Å². The second-order valence-electron chi connectivity index (χ2n) is 3.45. The second-order valence-corrected chi connectivity index (χ2v) is 3.45. The third-order valence-electron chi connectivity index (χ3n) is 2.25. The minimum atomic E-state index is -0.239. The van der Waals surface area contributed by atoms with Crippen LogP contribution >= 0.6 is 0 Å². The van der Waals surface area contributed by atoms with Crippen LogP contribution < -0.4 is 0 Å². The first-order valence-corrected chi connectivity index (χ1v) is 4.47. The molecular formula is C11H14FNO. The fraction of sp³-hybridized carbons (Fsp3) is 0.364. The fourth-order valence-corrected chi connectivity index (χ4v) is 1.20. The molecule has 1 aromatic carbocycles. The molecule has 3 heteroatoms. The van der Waals surface area contributed by atoms with Gasteiger partial charge in [0, 0.05) is 20.5 Å². The molecular weight excluding hydrogens is 181 g/mol. The summed E-state index contributed by atoms with van der Waals surface area (Å²) in [6, 6.07) is 4.60. The summed E-state index contributed by atoms with van der Waals surface area (Å²) in [6.07, 6.45) is 0. The molecule has 1 rings (SSSR count). The highest BCUT2D eigenvalue weighted by Gasteiger charge is 2.05. The summed E-state index contributed by atoms with van der Waals surface area (Å²) in [5, 5.41) is 0. The molecule has 0 aliphatic carbocycles. The van der Waals surface area contributed by atoms with E-state index in [1.807, 2.05) is 6.92 Å². The maximum atomic E-state index is 12.8. The molecule has 14 heavy (non-hydrogen) atoms. The molecule has 1 amide bonds. The molecule has 0 heterocycles. The standard InChI is InChI=1S/C11H14FNO/c1-8-6-11(12)5-4-10(8)7-13(3)9(2)14/h4-6H,7H2,1-3H3. The number of halogens is 1. The van der Waals surface area contributed by atoms with Gasteiger partial charge in [0.25, 0.3) is 0 Å². The van der Waals surface area contributed by atoms with Gasteiger partial charge in [0.15, 0.2) is 0 Å². The van der Waals surface area contributed by atoms with Crippen LogP contribution in [0.4, 0.5) is 4.39 Å². The van der Waals surface area contributed by atoms with Crippen molar-refractivity contribution in [1.29, 1.82) is 0 Å². The maximum absolute atomic E-state index is 12.8. The minimum Gasteiger partial charge on any atom is -0.342 e. The summed E-state index contributed by atoms with van der Waals surface area (Å²) in [5.74, 6) is -0.231. The Morgan fingerprint density at radius 1 is 1.50 bits per heavy atom. The Bertz CT molecular complexity index is 349. The molecule has 0 saturated carbocycles. The van der Waals surface area contributed by atoms with Crippen LogP contribution in [0.15, 0.2) is 18.2 Å². The zero-order valence-corrected chi connectivity index (χ0v) is 8.67. The minimum absolute atomic E-state index is 0.00808. The largest absolute Gasteiger partial charge is 0.342 e. The first-order valence-electron chi connectivity index (χ1n) is 4.47. The van der Waals surface area contributed by atoms with Gasteiger partial charge in [-0.2, -0.15) is 0 Å². The number of carbonyl (C=O) groups excluding carboxylic acids is 1. The van der Waals surface area contributed by atoms with E-state index in [0.29, 0.717) is 6.54 Å². The Labute approximate surface area is 83.3 Å². The Kier molecular flexibility index (Phi) is 3.23. The predicted octanol–water partition coefficient (Wildman–Crippen LogP) is 2.11. The van der Waals surface area contributed by atoms with Gasteiger partial charge in [-0.25, -0.2) is 4.39 Å². The number of aryl methyl sites for hydroxylation is 1. The third-order valence-corrected chi connectivity index (χ3v) is 2.25. The fourth-order valence-electron chi connectivity index (χ4n) is 1.20. The molecule has 0 aliphatic rings. The monoisotopic (exact) mass is 195 g/mol. The number of benzene rings is 1. The summed E-state index contributed by atoms with van der Waals surface area (Å²) < 4.78 is 12.8. The van der Waals surface area contributed by atoms with E-state index in [2.05, 4.69) is 0 Å². The molecule has 76 valence electrons. The van der Waals surface area contributed by atoms with Crippen LogP contribution in [0.2, 0.25) is 0 Å². The van der Waals surface area contributed by atoms with Crippen LogP contribution in [0.25, 0.3) is 0 Å². The Morgan fingerprint density at radius 3 is 2.64 bits per heavy atom. The van der Waals surface area contributed by atoms with Crippen molar-refractivity contribution in [1.82, 2.24) is 4.90 Å². The first kappa shape index (κ1) is 10.7. The zero-order chi connectivity index (χ0) is 10.7. The quantitative estimate of drug-likeness (QED) is 0.707. The lowest BCUT2D eigenvalue weighted by molar-refractivity contribution is -0.128. The van der Waals surface area contributed by atoms with Crippen LogP contribution in [0.5, 0.6) is 0 Å². The van der Waals surface area contributed by atoms with E-state index in [-0.39, 0.29) is 11.7 Å². The smallest absolute Gasteiger partial charge is 0.219 e. The van der Waals surface area contributed by atoms with Crippen molar-refractivity contribution >= 4 is 5.91 Å². The SMILES string of the molecule is CC(=O)N(C)Cc1ccc(F)cc1C. The molecule has 0 fully saturated rings. The van der Waals surface area contributed by atoms with Crippen molar-refractivity contribution in [2.75, 3.05) is 7.05 Å². The predicted molar refractivity (Wildman–Crippen MR) is 53.3 cm³/mol. The number of nitrogens with zero attached hydrogens (tertiary/aromatic N) is 1. The Morgan fingerprint density at radius 2 is 2.14 bits per heavy atom. The van der Waals surface area contributed by atoms with Crippen molar-refractivity contribution in [3.8, 4) is 0 Å². The van der Waals surface area contributed by atoms with Crippen molar-refractivity contribution in [3.05, 3.63) is 35.1 Å². The molecule has 0 N–H and O–H groups in total. The van der Waals surface area contributed by atoms with E-state index in [0.717, 1.165) is 11.1 Å². The van der Waals surface area contributed by atoms with Crippen LogP contribution in [-0.4, -0.2) is 17.9 Å². The summed E-state index contributed by atoms with van der Waals surface area (Å²) in [4.78, 5) is 12.6. The van der Waals surface area contributed by atoms with Gasteiger partial charge >= 0.3 is 0 Å². The van der Waals surface area contributed by atoms with Crippen molar-refractivity contribution in [2.24, 2.45) is 0 Å². The van der Waals surface area contributed by atoms with Crippen LogP contribution in [-0.2, 0) is 11.3 Å². The van der Waals surface area contributed by atoms with Gasteiger partial charge in [-0.15, -0.1) is 0 Å². The summed E-state index contributed by atoms with van der Waals surface area (Å²) in [6.45, 7) is 3.88. The summed E-state index contributed by atoms with van der Waals surface area (Å²) in [5.41, 5.74) is 1.85. The molecule has 0 spiro atoms. The van der Waals surface area contributed by atoms with Gasteiger partial charge in [-0.05, 0) is 30.2 Å². The average Bonchev–Trinajstić information content (AvgIpc) is 2.09. The van der Waals surface area contributed by atoms with Gasteiger partial charge in [-0.1, -0.05) is 6.07 Å². The van der Waals surface area contributed by atoms with Gasteiger partial charge in [0.1, 0.15) is 5.82 Å². The van der Waals surface area contributed by atoms with Crippen LogP contribution in [0.3, 0.4) is 0 Å². The maximum Gasteiger partial charge on any atom is 0.219 e. The zero-order valence-electron chi connectivity index (χ0n) is 8.67. The molecule has 0 aliphatic heterocycles. The van der Waals surface area contributed by atoms with E-state index in [1.165, 1.54) is 19.1 Å². The molecule has 0 aromatic heterocycles. The van der Waals surface area contributed by atoms with Crippen LogP contribution in [0, 0.1) is 12.7 Å². The topological polar surface area (TPSA) is 20.3 Å². The number of hydrogen-bond acceptors (Lipinski definition) is 1. The highest BCUT2D eigenvalue weighted by molar-refractivity contribution is 5.72. The Balaban J connectivity index is 2.82. The molecule has 0 saturated heterocycles. The van der Waals surface area contributed by atoms with Crippen molar-refractivity contribution in [3.63, 3.8) is 0 Å². The molecule has 0 radical (unpaired) electrons. The molecule has 0 unspecified atom stereocenters. The number of amides is 1. The van der Waals surface area contributed by atoms with E-state index in [4.69, 9.17) is 0 Å². The molecule has 0 atom stereocenters. The lowest BCUT2D eigenvalue weighted by Gasteiger charge is -2.16. The van der Waals surface area contributed by atoms with E-state index >= 15 is 0 Å². The molecule has 0 bridgehead atoms. The van der Waals surface area contributed by atoms with E-state index in [9.17, 15) is 9.18 Å². The summed E-state index contributed by atoms with van der Waals surface area (Å²) >= 11 is 0. The number of carbonyl (C=O) groups is 1. The lowest BCUT2D eigenvalue weighted by Crippen LogP contribution is -2.23. The summed E-state index contributed by atoms with van der Waals surface area (Å²) in [7, 11) is 1.73. The van der Waals surface area contributed by atoms with Crippen molar-refractivity contribution < 1.29 is 9.18 Å². The average molecular weight is 195 g/mol. The van der Waals surface area contributed by atoms with Gasteiger partial charge in [0.05, 0.1) is 0 Å². The van der Waals surface area contributed by atoms with Crippen LogP contribution in [0.1, 0.15) is 18.1 Å². The second kappa shape index (κ2) is 4.22. The molecule has 1 aromatic rings. The third kappa shape index (κ3) is 2.55. The number of rotatable bonds is 2. The Hall–Kier alpha value is -1.38. The highest BCUT2D eigenvalue weighted by atomic mass is 19.1. The normalized spacial score (nSPS) is 10.0. The number of hydrogen-bond donors (Lipinski definition) is 0. The lowest BCUT2D eigenvalue weighted by atomic mass is 10.1. The van der Waals surface area contributed by atoms with Gasteiger partial charge in [0.2, 0.25) is 5.91 Å². The first-order chi connectivity index (χ1) is 6.50. The van der Waals surface area contributed by atoms with E-state index in [1.54, 1.807) is 18.0 Å².